The second-order valence-corrected chi connectivity index (χ2v) is 6.31. The molecule has 0 bridgehead atoms. The summed E-state index contributed by atoms with van der Waals surface area (Å²) in [5.41, 5.74) is 0. The molecule has 2 aliphatic heterocycles. The van der Waals surface area contributed by atoms with E-state index >= 15 is 0 Å². The number of ether oxygens (including phenoxy) is 3. The molecular formula is C17H32O3. The molecule has 2 aliphatic rings. The largest absolute Gasteiger partial charge is 0.379 e. The molecule has 0 aromatic rings. The monoisotopic (exact) mass is 284 g/mol. The summed E-state index contributed by atoms with van der Waals surface area (Å²) in [7, 11) is 0. The Kier molecular flexibility index (Phi) is 8.60. The van der Waals surface area contributed by atoms with Crippen molar-refractivity contribution in [3.8, 4) is 0 Å². The van der Waals surface area contributed by atoms with E-state index < -0.39 is 0 Å². The summed E-state index contributed by atoms with van der Waals surface area (Å²) in [6.45, 7) is 3.67. The minimum atomic E-state index is 0.423. The van der Waals surface area contributed by atoms with Crippen LogP contribution in [0.4, 0.5) is 0 Å². The second kappa shape index (κ2) is 10.6. The van der Waals surface area contributed by atoms with Crippen LogP contribution in [0.25, 0.3) is 0 Å². The highest BCUT2D eigenvalue weighted by atomic mass is 16.6. The molecule has 2 fully saturated rings. The first kappa shape index (κ1) is 16.3. The Hall–Kier alpha value is -0.120. The minimum absolute atomic E-state index is 0.423. The van der Waals surface area contributed by atoms with Gasteiger partial charge in [-0.1, -0.05) is 57.8 Å². The van der Waals surface area contributed by atoms with Crippen LogP contribution < -0.4 is 0 Å². The zero-order valence-electron chi connectivity index (χ0n) is 13.0. The number of unbranched alkanes of at least 4 members (excludes halogenated alkanes) is 9. The molecule has 0 N–H and O–H groups in total. The molecule has 0 spiro atoms. The van der Waals surface area contributed by atoms with Crippen LogP contribution in [-0.2, 0) is 14.2 Å². The molecule has 3 nitrogen and oxygen atoms in total. The molecule has 3 heteroatoms. The molecule has 118 valence electrons. The predicted octanol–water partition coefficient (Wildman–Crippen LogP) is 4.09. The zero-order valence-corrected chi connectivity index (χ0v) is 13.0. The second-order valence-electron chi connectivity index (χ2n) is 6.31. The van der Waals surface area contributed by atoms with E-state index in [2.05, 4.69) is 0 Å². The van der Waals surface area contributed by atoms with E-state index in [1.54, 1.807) is 0 Å². The molecular weight excluding hydrogens is 252 g/mol. The van der Waals surface area contributed by atoms with Gasteiger partial charge in [-0.25, -0.2) is 0 Å². The van der Waals surface area contributed by atoms with E-state index in [0.29, 0.717) is 12.2 Å². The average Bonchev–Trinajstić information content (AvgIpc) is 3.34. The van der Waals surface area contributed by atoms with E-state index in [-0.39, 0.29) is 0 Å². The highest BCUT2D eigenvalue weighted by Gasteiger charge is 2.22. The quantitative estimate of drug-likeness (QED) is 0.335. The summed E-state index contributed by atoms with van der Waals surface area (Å²) in [4.78, 5) is 0. The maximum atomic E-state index is 5.53. The van der Waals surface area contributed by atoms with E-state index in [1.165, 1.54) is 70.6 Å². The standard InChI is InChI=1S/C17H32O3/c1(3-5-7-9-11-16-14-19-16)2-4-6-8-10-12-18-13-17-15-20-17/h16-17H,1-15H2. The molecule has 0 amide bonds. The van der Waals surface area contributed by atoms with Gasteiger partial charge in [-0.15, -0.1) is 0 Å². The summed E-state index contributed by atoms with van der Waals surface area (Å²) < 4.78 is 15.8. The molecule has 2 heterocycles. The zero-order chi connectivity index (χ0) is 13.9. The number of rotatable bonds is 15. The average molecular weight is 284 g/mol. The first-order valence-corrected chi connectivity index (χ1v) is 8.76. The highest BCUT2D eigenvalue weighted by Crippen LogP contribution is 2.18. The Balaban J connectivity index is 1.17. The predicted molar refractivity (Wildman–Crippen MR) is 81.1 cm³/mol. The summed E-state index contributed by atoms with van der Waals surface area (Å²) in [6, 6.07) is 0. The van der Waals surface area contributed by atoms with Gasteiger partial charge in [0, 0.05) is 6.61 Å². The summed E-state index contributed by atoms with van der Waals surface area (Å²) in [5, 5.41) is 0. The molecule has 2 atom stereocenters. The van der Waals surface area contributed by atoms with Gasteiger partial charge in [-0.2, -0.15) is 0 Å². The SMILES string of the molecule is C(CCCCCCC1CO1)CCCCCOCC1CO1. The smallest absolute Gasteiger partial charge is 0.104 e. The van der Waals surface area contributed by atoms with Gasteiger partial charge in [0.1, 0.15) is 6.10 Å². The topological polar surface area (TPSA) is 34.3 Å². The van der Waals surface area contributed by atoms with Crippen molar-refractivity contribution in [2.75, 3.05) is 26.4 Å². The third-order valence-electron chi connectivity index (χ3n) is 4.17. The van der Waals surface area contributed by atoms with Gasteiger partial charge in [0.05, 0.1) is 25.9 Å². The lowest BCUT2D eigenvalue weighted by molar-refractivity contribution is 0.113. The summed E-state index contributed by atoms with van der Waals surface area (Å²) >= 11 is 0. The van der Waals surface area contributed by atoms with E-state index in [1.807, 2.05) is 0 Å². The van der Waals surface area contributed by atoms with Gasteiger partial charge < -0.3 is 14.2 Å². The number of hydrogen-bond acceptors (Lipinski definition) is 3. The third kappa shape index (κ3) is 9.73. The van der Waals surface area contributed by atoms with Crippen molar-refractivity contribution in [1.82, 2.24) is 0 Å². The van der Waals surface area contributed by atoms with Crippen molar-refractivity contribution < 1.29 is 14.2 Å². The molecule has 2 rings (SSSR count). The lowest BCUT2D eigenvalue weighted by Crippen LogP contribution is -2.02. The Morgan fingerprint density at radius 3 is 1.70 bits per heavy atom. The molecule has 0 radical (unpaired) electrons. The van der Waals surface area contributed by atoms with Gasteiger partial charge in [0.25, 0.3) is 0 Å². The molecule has 0 aromatic heterocycles. The van der Waals surface area contributed by atoms with Crippen molar-refractivity contribution in [3.05, 3.63) is 0 Å². The van der Waals surface area contributed by atoms with Crippen LogP contribution in [0.2, 0.25) is 0 Å². The molecule has 0 aromatic carbocycles. The van der Waals surface area contributed by atoms with Crippen LogP contribution in [0.3, 0.4) is 0 Å². The maximum absolute atomic E-state index is 5.53. The van der Waals surface area contributed by atoms with Crippen LogP contribution in [0.15, 0.2) is 0 Å². The Labute approximate surface area is 124 Å². The fourth-order valence-electron chi connectivity index (χ4n) is 2.60. The Morgan fingerprint density at radius 2 is 1.15 bits per heavy atom. The Morgan fingerprint density at radius 1 is 0.650 bits per heavy atom. The van der Waals surface area contributed by atoms with Crippen molar-refractivity contribution in [2.24, 2.45) is 0 Å². The fourth-order valence-corrected chi connectivity index (χ4v) is 2.60. The summed E-state index contributed by atoms with van der Waals surface area (Å²) in [6.07, 6.45) is 16.2. The summed E-state index contributed by atoms with van der Waals surface area (Å²) in [5.74, 6) is 0. The van der Waals surface area contributed by atoms with Crippen LogP contribution in [0.1, 0.15) is 70.6 Å². The molecule has 2 saturated heterocycles. The van der Waals surface area contributed by atoms with E-state index in [0.717, 1.165) is 26.4 Å². The van der Waals surface area contributed by atoms with Crippen LogP contribution >= 0.6 is 0 Å². The van der Waals surface area contributed by atoms with Crippen molar-refractivity contribution in [2.45, 2.75) is 82.8 Å². The van der Waals surface area contributed by atoms with Crippen molar-refractivity contribution in [1.29, 1.82) is 0 Å². The van der Waals surface area contributed by atoms with Gasteiger partial charge in [-0.3, -0.25) is 0 Å². The highest BCUT2D eigenvalue weighted by molar-refractivity contribution is 4.68. The van der Waals surface area contributed by atoms with Gasteiger partial charge in [0.2, 0.25) is 0 Å². The van der Waals surface area contributed by atoms with Gasteiger partial charge in [0.15, 0.2) is 0 Å². The van der Waals surface area contributed by atoms with Crippen molar-refractivity contribution in [3.63, 3.8) is 0 Å². The Bertz CT molecular complexity index is 200. The van der Waals surface area contributed by atoms with E-state index in [9.17, 15) is 0 Å². The van der Waals surface area contributed by atoms with Crippen LogP contribution in [0, 0.1) is 0 Å². The number of hydrogen-bond donors (Lipinski definition) is 0. The third-order valence-corrected chi connectivity index (χ3v) is 4.17. The first-order chi connectivity index (χ1) is 9.95. The van der Waals surface area contributed by atoms with Gasteiger partial charge >= 0.3 is 0 Å². The number of epoxide rings is 2. The molecule has 20 heavy (non-hydrogen) atoms. The van der Waals surface area contributed by atoms with Crippen LogP contribution in [0.5, 0.6) is 0 Å². The molecule has 0 aliphatic carbocycles. The normalized spacial score (nSPS) is 24.0. The molecule has 0 saturated carbocycles. The lowest BCUT2D eigenvalue weighted by atomic mass is 10.1. The first-order valence-electron chi connectivity index (χ1n) is 8.76. The minimum Gasteiger partial charge on any atom is -0.379 e. The van der Waals surface area contributed by atoms with E-state index in [4.69, 9.17) is 14.2 Å². The fraction of sp³-hybridized carbons (Fsp3) is 1.00. The maximum Gasteiger partial charge on any atom is 0.104 e. The van der Waals surface area contributed by atoms with Gasteiger partial charge in [-0.05, 0) is 12.8 Å². The van der Waals surface area contributed by atoms with Crippen molar-refractivity contribution >= 4 is 0 Å². The molecule has 2 unspecified atom stereocenters. The lowest BCUT2D eigenvalue weighted by Gasteiger charge is -2.03. The van der Waals surface area contributed by atoms with Crippen LogP contribution in [-0.4, -0.2) is 38.6 Å².